The second-order valence-electron chi connectivity index (χ2n) is 12.3. The minimum Gasteiger partial charge on any atom is -0.466 e. The molecule has 0 radical (unpaired) electrons. The van der Waals surface area contributed by atoms with Crippen LogP contribution in [0.3, 0.4) is 0 Å². The Balaban J connectivity index is 1.15. The molecule has 2 atom stereocenters. The van der Waals surface area contributed by atoms with Gasteiger partial charge >= 0.3 is 11.9 Å². The van der Waals surface area contributed by atoms with Gasteiger partial charge in [-0.05, 0) is 68.7 Å². The number of unbranched alkanes of at least 4 members (excludes halogenated alkanes) is 6. The first-order valence-corrected chi connectivity index (χ1v) is 16.9. The van der Waals surface area contributed by atoms with Gasteiger partial charge in [-0.2, -0.15) is 0 Å². The number of hydrogen-bond donors (Lipinski definition) is 2. The first kappa shape index (κ1) is 36.5. The number of carbonyl (C=O) groups excluding carboxylic acids is 2. The zero-order chi connectivity index (χ0) is 34.3. The Morgan fingerprint density at radius 1 is 0.875 bits per heavy atom. The van der Waals surface area contributed by atoms with Crippen LogP contribution in [-0.2, 0) is 14.3 Å². The summed E-state index contributed by atoms with van der Waals surface area (Å²) >= 11 is 0. The molecule has 2 heterocycles. The number of benzene rings is 2. The van der Waals surface area contributed by atoms with Gasteiger partial charge in [-0.15, -0.1) is 0 Å². The highest BCUT2D eigenvalue weighted by Crippen LogP contribution is 2.38. The van der Waals surface area contributed by atoms with Crippen LogP contribution in [0.5, 0.6) is 0 Å². The summed E-state index contributed by atoms with van der Waals surface area (Å²) in [4.78, 5) is 28.1. The number of carbonyl (C=O) groups is 2. The molecule has 9 heteroatoms. The monoisotopic (exact) mass is 658 g/mol. The van der Waals surface area contributed by atoms with Crippen molar-refractivity contribution in [3.05, 3.63) is 96.2 Å². The van der Waals surface area contributed by atoms with Gasteiger partial charge < -0.3 is 24.3 Å². The Bertz CT molecular complexity index is 1620. The number of aliphatic hydroxyl groups is 2. The van der Waals surface area contributed by atoms with E-state index in [0.717, 1.165) is 72.7 Å². The van der Waals surface area contributed by atoms with Crippen molar-refractivity contribution < 1.29 is 33.7 Å². The summed E-state index contributed by atoms with van der Waals surface area (Å²) in [5, 5.41) is 22.3. The van der Waals surface area contributed by atoms with Crippen molar-refractivity contribution in [2.24, 2.45) is 0 Å². The zero-order valence-electron chi connectivity index (χ0n) is 27.9. The minimum absolute atomic E-state index is 0.0119. The van der Waals surface area contributed by atoms with Crippen LogP contribution < -0.4 is 0 Å². The Hall–Kier alpha value is -4.34. The van der Waals surface area contributed by atoms with Crippen molar-refractivity contribution in [3.63, 3.8) is 0 Å². The molecule has 0 fully saturated rings. The number of rotatable bonds is 19. The quantitative estimate of drug-likeness (QED) is 0.0774. The lowest BCUT2D eigenvalue weighted by Gasteiger charge is -2.15. The van der Waals surface area contributed by atoms with Gasteiger partial charge in [-0.1, -0.05) is 68.5 Å². The molecule has 0 aliphatic rings. The maximum atomic E-state index is 13.7. The van der Waals surface area contributed by atoms with Crippen LogP contribution in [0.4, 0.5) is 4.39 Å². The molecule has 2 aromatic heterocycles. The van der Waals surface area contributed by atoms with E-state index in [4.69, 9.17) is 9.47 Å². The summed E-state index contributed by atoms with van der Waals surface area (Å²) in [5.74, 6) is -1.15. The molecule has 4 aromatic rings. The molecular weight excluding hydrogens is 611 g/mol. The van der Waals surface area contributed by atoms with Gasteiger partial charge in [0.25, 0.3) is 0 Å². The van der Waals surface area contributed by atoms with Crippen LogP contribution in [-0.4, -0.2) is 57.1 Å². The van der Waals surface area contributed by atoms with Crippen LogP contribution in [0.25, 0.3) is 28.1 Å². The van der Waals surface area contributed by atoms with E-state index in [2.05, 4.69) is 23.4 Å². The lowest BCUT2D eigenvalue weighted by Crippen LogP contribution is -2.21. The Morgan fingerprint density at radius 3 is 2.21 bits per heavy atom. The maximum Gasteiger partial charge on any atom is 0.339 e. The summed E-state index contributed by atoms with van der Waals surface area (Å²) in [6.07, 6.45) is 10.9. The van der Waals surface area contributed by atoms with E-state index in [1.54, 1.807) is 36.5 Å². The number of pyridine rings is 1. The van der Waals surface area contributed by atoms with Gasteiger partial charge in [-0.25, -0.2) is 9.18 Å². The summed E-state index contributed by atoms with van der Waals surface area (Å²) in [5.41, 5.74) is 4.15. The van der Waals surface area contributed by atoms with Gasteiger partial charge in [0.1, 0.15) is 5.82 Å². The van der Waals surface area contributed by atoms with Crippen LogP contribution in [0, 0.1) is 5.82 Å². The molecule has 0 saturated carbocycles. The zero-order valence-corrected chi connectivity index (χ0v) is 27.9. The Morgan fingerprint density at radius 2 is 1.54 bits per heavy atom. The number of halogens is 1. The van der Waals surface area contributed by atoms with Gasteiger partial charge in [0.2, 0.25) is 0 Å². The van der Waals surface area contributed by atoms with Crippen LogP contribution in [0.2, 0.25) is 0 Å². The summed E-state index contributed by atoms with van der Waals surface area (Å²) in [6, 6.07) is 17.9. The first-order chi connectivity index (χ1) is 23.2. The van der Waals surface area contributed by atoms with Gasteiger partial charge in [0.15, 0.2) is 0 Å². The molecule has 0 aliphatic carbocycles. The van der Waals surface area contributed by atoms with E-state index in [0.29, 0.717) is 18.8 Å². The predicted octanol–water partition coefficient (Wildman–Crippen LogP) is 8.07. The molecular formula is C39H47FN2O6. The molecule has 2 N–H and O–H groups in total. The number of nitrogens with zero attached hydrogens (tertiary/aromatic N) is 2. The van der Waals surface area contributed by atoms with Crippen molar-refractivity contribution >= 4 is 28.9 Å². The fourth-order valence-electron chi connectivity index (χ4n) is 5.82. The molecule has 0 amide bonds. The normalized spacial score (nSPS) is 12.9. The van der Waals surface area contributed by atoms with Crippen molar-refractivity contribution in [3.8, 4) is 11.1 Å². The number of aromatic nitrogens is 2. The molecule has 0 aliphatic heterocycles. The molecule has 0 unspecified atom stereocenters. The highest BCUT2D eigenvalue weighted by molar-refractivity contribution is 6.01. The summed E-state index contributed by atoms with van der Waals surface area (Å²) in [6.45, 7) is 4.86. The Kier molecular flexibility index (Phi) is 14.3. The molecule has 2 aromatic carbocycles. The second-order valence-corrected chi connectivity index (χ2v) is 12.3. The van der Waals surface area contributed by atoms with Crippen LogP contribution in [0.15, 0.2) is 79.1 Å². The smallest absolute Gasteiger partial charge is 0.339 e. The van der Waals surface area contributed by atoms with Gasteiger partial charge in [-0.3, -0.25) is 9.78 Å². The third-order valence-electron chi connectivity index (χ3n) is 8.17. The molecule has 48 heavy (non-hydrogen) atoms. The fraction of sp³-hybridized carbons (Fsp3) is 0.410. The number of aliphatic hydroxyl groups excluding tert-OH is 2. The average molecular weight is 659 g/mol. The number of hydrogen-bond acceptors (Lipinski definition) is 7. The topological polar surface area (TPSA) is 111 Å². The van der Waals surface area contributed by atoms with Crippen molar-refractivity contribution in [1.29, 1.82) is 0 Å². The lowest BCUT2D eigenvalue weighted by atomic mass is 10.0. The summed E-state index contributed by atoms with van der Waals surface area (Å²) in [7, 11) is 0. The number of fused-ring (bicyclic) bond motifs is 1. The fourth-order valence-corrected chi connectivity index (χ4v) is 5.82. The first-order valence-electron chi connectivity index (χ1n) is 16.9. The average Bonchev–Trinajstić information content (AvgIpc) is 3.41. The van der Waals surface area contributed by atoms with E-state index in [1.807, 2.05) is 30.3 Å². The van der Waals surface area contributed by atoms with E-state index in [9.17, 15) is 24.2 Å². The highest BCUT2D eigenvalue weighted by Gasteiger charge is 2.20. The number of para-hydroxylation sites is 1. The molecule has 4 rings (SSSR count). The van der Waals surface area contributed by atoms with E-state index in [-0.39, 0.29) is 30.7 Å². The van der Waals surface area contributed by atoms with Crippen LogP contribution >= 0.6 is 0 Å². The molecule has 256 valence electrons. The maximum absolute atomic E-state index is 13.7. The van der Waals surface area contributed by atoms with E-state index < -0.39 is 18.2 Å². The Labute approximate surface area is 282 Å². The predicted molar refractivity (Wildman–Crippen MR) is 186 cm³/mol. The lowest BCUT2D eigenvalue weighted by molar-refractivity contribution is -0.146. The SMILES string of the molecule is CC(C)n1c(/C=C/[C@@H](O)C[C@@H](O)CC(=O)OCCCCCCCCCOC(=O)c2cccnc2)c(-c2ccc(F)cc2)c2ccccc21. The second kappa shape index (κ2) is 18.9. The molecule has 0 bridgehead atoms. The third-order valence-corrected chi connectivity index (χ3v) is 8.17. The number of ether oxygens (including phenoxy) is 2. The van der Waals surface area contributed by atoms with Crippen molar-refractivity contribution in [2.45, 2.75) is 89.9 Å². The van der Waals surface area contributed by atoms with E-state index in [1.165, 1.54) is 18.3 Å². The third kappa shape index (κ3) is 10.9. The van der Waals surface area contributed by atoms with Gasteiger partial charge in [0, 0.05) is 47.0 Å². The van der Waals surface area contributed by atoms with Crippen molar-refractivity contribution in [2.75, 3.05) is 13.2 Å². The highest BCUT2D eigenvalue weighted by atomic mass is 19.1. The molecule has 8 nitrogen and oxygen atoms in total. The summed E-state index contributed by atoms with van der Waals surface area (Å²) < 4.78 is 26.5. The molecule has 0 saturated heterocycles. The van der Waals surface area contributed by atoms with Gasteiger partial charge in [0.05, 0.1) is 37.4 Å². The largest absolute Gasteiger partial charge is 0.466 e. The van der Waals surface area contributed by atoms with E-state index >= 15 is 0 Å². The minimum atomic E-state index is -1.05. The number of esters is 2. The van der Waals surface area contributed by atoms with Crippen molar-refractivity contribution in [1.82, 2.24) is 9.55 Å². The van der Waals surface area contributed by atoms with Crippen LogP contribution in [0.1, 0.15) is 93.7 Å². The molecule has 0 spiro atoms. The standard InChI is InChI=1S/C39H47FN2O6/c1-28(2)42-35-15-9-8-14-34(35)38(29-16-18-31(40)19-17-29)36(42)21-20-32(43)25-33(44)26-37(45)47-23-10-6-4-3-5-7-11-24-48-39(46)30-13-12-22-41-27-30/h8-9,12-22,27-28,32-33,43-44H,3-7,10-11,23-26H2,1-2H3/b21-20+/t32-,33-/m1/s1.